The molecule has 0 spiro atoms. The second kappa shape index (κ2) is 7.19. The highest BCUT2D eigenvalue weighted by Gasteiger charge is 2.15. The molecule has 4 rings (SSSR count). The van der Waals surface area contributed by atoms with Crippen LogP contribution in [0.5, 0.6) is 0 Å². The van der Waals surface area contributed by atoms with Gasteiger partial charge in [-0.1, -0.05) is 18.2 Å². The van der Waals surface area contributed by atoms with Gasteiger partial charge in [0.1, 0.15) is 5.76 Å². The van der Waals surface area contributed by atoms with Crippen molar-refractivity contribution in [1.29, 1.82) is 0 Å². The molecule has 1 aliphatic heterocycles. The maximum Gasteiger partial charge on any atom is 0.226 e. The minimum atomic E-state index is 0.714. The summed E-state index contributed by atoms with van der Waals surface area (Å²) in [5.74, 6) is 1.65. The van der Waals surface area contributed by atoms with Crippen molar-refractivity contribution in [3.05, 3.63) is 60.2 Å². The van der Waals surface area contributed by atoms with Gasteiger partial charge in [-0.25, -0.2) is 4.98 Å². The molecule has 0 saturated carbocycles. The number of aromatic nitrogens is 2. The van der Waals surface area contributed by atoms with Crippen molar-refractivity contribution in [2.45, 2.75) is 26.2 Å². The maximum atomic E-state index is 5.92. The van der Waals surface area contributed by atoms with E-state index in [1.807, 2.05) is 19.2 Å². The Kier molecular flexibility index (Phi) is 4.61. The van der Waals surface area contributed by atoms with Crippen LogP contribution in [0.3, 0.4) is 0 Å². The number of rotatable bonds is 5. The first-order chi connectivity index (χ1) is 12.3. The molecule has 4 heteroatoms. The Morgan fingerprint density at radius 1 is 1.00 bits per heavy atom. The van der Waals surface area contributed by atoms with Crippen LogP contribution in [0.25, 0.3) is 22.6 Å². The van der Waals surface area contributed by atoms with Crippen molar-refractivity contribution in [3.63, 3.8) is 0 Å². The zero-order valence-corrected chi connectivity index (χ0v) is 14.6. The Morgan fingerprint density at radius 2 is 1.76 bits per heavy atom. The molecule has 0 atom stereocenters. The van der Waals surface area contributed by atoms with E-state index < -0.39 is 0 Å². The molecular formula is C21H23N3O. The fraction of sp³-hybridized carbons (Fsp3) is 0.333. The van der Waals surface area contributed by atoms with Gasteiger partial charge in [0.25, 0.3) is 0 Å². The predicted molar refractivity (Wildman–Crippen MR) is 99.3 cm³/mol. The van der Waals surface area contributed by atoms with Crippen LogP contribution in [0, 0.1) is 6.92 Å². The van der Waals surface area contributed by atoms with Crippen LogP contribution >= 0.6 is 0 Å². The van der Waals surface area contributed by atoms with Crippen molar-refractivity contribution in [3.8, 4) is 22.6 Å². The van der Waals surface area contributed by atoms with Crippen molar-refractivity contribution in [1.82, 2.24) is 14.9 Å². The Hall–Kier alpha value is -2.46. The molecule has 2 aromatic heterocycles. The molecule has 3 heterocycles. The maximum absolute atomic E-state index is 5.92. The molecule has 0 aliphatic carbocycles. The predicted octanol–water partition coefficient (Wildman–Crippen LogP) is 4.35. The molecule has 1 aliphatic rings. The Labute approximate surface area is 148 Å². The van der Waals surface area contributed by atoms with Gasteiger partial charge in [0.05, 0.1) is 5.69 Å². The van der Waals surface area contributed by atoms with Gasteiger partial charge in [-0.2, -0.15) is 0 Å². The summed E-state index contributed by atoms with van der Waals surface area (Å²) in [5, 5.41) is 0. The summed E-state index contributed by atoms with van der Waals surface area (Å²) in [6, 6.07) is 12.3. The van der Waals surface area contributed by atoms with E-state index in [9.17, 15) is 0 Å². The zero-order chi connectivity index (χ0) is 17.1. The lowest BCUT2D eigenvalue weighted by atomic mass is 10.1. The van der Waals surface area contributed by atoms with Gasteiger partial charge in [0.2, 0.25) is 5.89 Å². The van der Waals surface area contributed by atoms with Crippen LogP contribution in [0.15, 0.2) is 53.2 Å². The van der Waals surface area contributed by atoms with E-state index in [4.69, 9.17) is 9.40 Å². The monoisotopic (exact) mass is 333 g/mol. The second-order valence-electron chi connectivity index (χ2n) is 6.64. The quantitative estimate of drug-likeness (QED) is 0.696. The first-order valence-electron chi connectivity index (χ1n) is 8.99. The van der Waals surface area contributed by atoms with Gasteiger partial charge in [0.15, 0.2) is 0 Å². The Bertz CT molecular complexity index is 818. The largest absolute Gasteiger partial charge is 0.441 e. The van der Waals surface area contributed by atoms with Crippen molar-refractivity contribution < 1.29 is 4.42 Å². The highest BCUT2D eigenvalue weighted by molar-refractivity contribution is 5.66. The van der Waals surface area contributed by atoms with Gasteiger partial charge in [-0.15, -0.1) is 0 Å². The zero-order valence-electron chi connectivity index (χ0n) is 14.6. The summed E-state index contributed by atoms with van der Waals surface area (Å²) in [6.45, 7) is 5.53. The van der Waals surface area contributed by atoms with E-state index in [1.165, 1.54) is 25.9 Å². The third-order valence-electron chi connectivity index (χ3n) is 4.88. The minimum absolute atomic E-state index is 0.714. The van der Waals surface area contributed by atoms with Crippen LogP contribution in [0.1, 0.15) is 24.3 Å². The second-order valence-corrected chi connectivity index (χ2v) is 6.64. The lowest BCUT2D eigenvalue weighted by Gasteiger charge is -2.12. The molecule has 1 saturated heterocycles. The molecule has 1 aromatic carbocycles. The molecule has 3 aromatic rings. The van der Waals surface area contributed by atoms with Crippen molar-refractivity contribution >= 4 is 0 Å². The molecule has 0 amide bonds. The smallest absolute Gasteiger partial charge is 0.226 e. The third-order valence-corrected chi connectivity index (χ3v) is 4.88. The SMILES string of the molecule is Cc1oc(-c2ccc(-c3cccnc3)cc2)nc1CCN1CCCC1. The Balaban J connectivity index is 1.49. The number of hydrogen-bond donors (Lipinski definition) is 0. The lowest BCUT2D eigenvalue weighted by Crippen LogP contribution is -2.22. The summed E-state index contributed by atoms with van der Waals surface area (Å²) in [4.78, 5) is 11.4. The van der Waals surface area contributed by atoms with Crippen molar-refractivity contribution in [2.24, 2.45) is 0 Å². The summed E-state index contributed by atoms with van der Waals surface area (Å²) >= 11 is 0. The molecule has 1 fully saturated rings. The molecule has 0 bridgehead atoms. The topological polar surface area (TPSA) is 42.2 Å². The van der Waals surface area contributed by atoms with Gasteiger partial charge >= 0.3 is 0 Å². The van der Waals surface area contributed by atoms with Gasteiger partial charge in [0, 0.05) is 30.9 Å². The van der Waals surface area contributed by atoms with E-state index in [0.29, 0.717) is 5.89 Å². The minimum Gasteiger partial charge on any atom is -0.441 e. The highest BCUT2D eigenvalue weighted by Crippen LogP contribution is 2.26. The number of aryl methyl sites for hydroxylation is 1. The molecule has 128 valence electrons. The fourth-order valence-corrected chi connectivity index (χ4v) is 3.39. The highest BCUT2D eigenvalue weighted by atomic mass is 16.4. The van der Waals surface area contributed by atoms with E-state index in [0.717, 1.165) is 41.1 Å². The molecular weight excluding hydrogens is 310 g/mol. The first-order valence-corrected chi connectivity index (χ1v) is 8.99. The van der Waals surface area contributed by atoms with Crippen LogP contribution < -0.4 is 0 Å². The van der Waals surface area contributed by atoms with Crippen LogP contribution in [-0.2, 0) is 6.42 Å². The molecule has 25 heavy (non-hydrogen) atoms. The van der Waals surface area contributed by atoms with Crippen LogP contribution in [0.2, 0.25) is 0 Å². The number of hydrogen-bond acceptors (Lipinski definition) is 4. The van der Waals surface area contributed by atoms with E-state index in [1.54, 1.807) is 6.20 Å². The summed E-state index contributed by atoms with van der Waals surface area (Å²) in [5.41, 5.74) is 4.36. The van der Waals surface area contributed by atoms with Crippen LogP contribution in [0.4, 0.5) is 0 Å². The molecule has 0 N–H and O–H groups in total. The van der Waals surface area contributed by atoms with E-state index in [-0.39, 0.29) is 0 Å². The molecule has 0 radical (unpaired) electrons. The molecule has 4 nitrogen and oxygen atoms in total. The normalized spacial score (nSPS) is 14.9. The number of oxazole rings is 1. The van der Waals surface area contributed by atoms with Gasteiger partial charge < -0.3 is 9.32 Å². The average Bonchev–Trinajstić information content (AvgIpc) is 3.30. The third kappa shape index (κ3) is 3.64. The van der Waals surface area contributed by atoms with Gasteiger partial charge in [-0.05, 0) is 62.2 Å². The van der Waals surface area contributed by atoms with Crippen molar-refractivity contribution in [2.75, 3.05) is 19.6 Å². The molecule has 0 unspecified atom stereocenters. The average molecular weight is 333 g/mol. The number of nitrogens with zero attached hydrogens (tertiary/aromatic N) is 3. The summed E-state index contributed by atoms with van der Waals surface area (Å²) in [6.07, 6.45) is 7.28. The Morgan fingerprint density at radius 3 is 2.48 bits per heavy atom. The fourth-order valence-electron chi connectivity index (χ4n) is 3.39. The first kappa shape index (κ1) is 16.0. The summed E-state index contributed by atoms with van der Waals surface area (Å²) < 4.78 is 5.92. The number of pyridine rings is 1. The summed E-state index contributed by atoms with van der Waals surface area (Å²) in [7, 11) is 0. The van der Waals surface area contributed by atoms with E-state index >= 15 is 0 Å². The van der Waals surface area contributed by atoms with E-state index in [2.05, 4.69) is 40.2 Å². The number of benzene rings is 1. The lowest BCUT2D eigenvalue weighted by molar-refractivity contribution is 0.341. The standard InChI is InChI=1S/C21H23N3O/c1-16-20(10-14-24-12-2-3-13-24)23-21(25-16)18-8-6-17(7-9-18)19-5-4-11-22-15-19/h4-9,11,15H,2-3,10,12-14H2,1H3. The van der Waals surface area contributed by atoms with Crippen LogP contribution in [-0.4, -0.2) is 34.5 Å². The number of likely N-dealkylation sites (tertiary alicyclic amines) is 1. The van der Waals surface area contributed by atoms with Gasteiger partial charge in [-0.3, -0.25) is 4.98 Å².